The number of nitrogens with zero attached hydrogens (tertiary/aromatic N) is 1. The van der Waals surface area contributed by atoms with Gasteiger partial charge in [0, 0.05) is 6.21 Å². The van der Waals surface area contributed by atoms with E-state index < -0.39 is 0 Å². The van der Waals surface area contributed by atoms with E-state index in [1.165, 1.54) is 6.20 Å². The lowest BCUT2D eigenvalue weighted by Crippen LogP contribution is -1.88. The first-order valence-electron chi connectivity index (χ1n) is 2.14. The number of rotatable bonds is 1. The van der Waals surface area contributed by atoms with Gasteiger partial charge in [0.05, 0.1) is 11.8 Å². The molecule has 1 heterocycles. The molecule has 0 radical (unpaired) electrons. The summed E-state index contributed by atoms with van der Waals surface area (Å²) in [5, 5.41) is 12.8. The van der Waals surface area contributed by atoms with Gasteiger partial charge < -0.3 is 11.1 Å². The number of hydrogen-bond acceptors (Lipinski definition) is 3. The summed E-state index contributed by atoms with van der Waals surface area (Å²) in [7, 11) is 0. The van der Waals surface area contributed by atoms with Crippen LogP contribution >= 0.6 is 0 Å². The number of anilines is 1. The van der Waals surface area contributed by atoms with Crippen LogP contribution < -0.4 is 5.73 Å². The fourth-order valence-electron chi connectivity index (χ4n) is 0.420. The molecule has 0 spiro atoms. The normalized spacial score (nSPS) is 9.00. The van der Waals surface area contributed by atoms with Crippen molar-refractivity contribution >= 4 is 12.0 Å². The summed E-state index contributed by atoms with van der Waals surface area (Å²) in [5.41, 5.74) is 5.91. The zero-order valence-electron chi connectivity index (χ0n) is 4.18. The van der Waals surface area contributed by atoms with Gasteiger partial charge in [-0.25, -0.2) is 0 Å². The van der Waals surface area contributed by atoms with E-state index >= 15 is 0 Å². The van der Waals surface area contributed by atoms with Crippen LogP contribution in [0.1, 0.15) is 5.56 Å². The van der Waals surface area contributed by atoms with Crippen LogP contribution in [-0.4, -0.2) is 16.4 Å². The van der Waals surface area contributed by atoms with E-state index in [4.69, 9.17) is 11.1 Å². The van der Waals surface area contributed by atoms with Gasteiger partial charge in [-0.15, -0.1) is 0 Å². The minimum absolute atomic E-state index is 0.444. The van der Waals surface area contributed by atoms with Gasteiger partial charge in [-0.1, -0.05) is 0 Å². The fourth-order valence-corrected chi connectivity index (χ4v) is 0.420. The van der Waals surface area contributed by atoms with Crippen LogP contribution in [0.4, 0.5) is 5.82 Å². The predicted molar refractivity (Wildman–Crippen MR) is 30.9 cm³/mol. The van der Waals surface area contributed by atoms with Gasteiger partial charge in [0.1, 0.15) is 5.82 Å². The van der Waals surface area contributed by atoms with Crippen molar-refractivity contribution in [1.82, 2.24) is 10.2 Å². The third kappa shape index (κ3) is 0.556. The molecule has 0 aliphatic heterocycles. The molecular formula is C4H6N4. The molecule has 42 valence electrons. The van der Waals surface area contributed by atoms with E-state index in [-0.39, 0.29) is 0 Å². The third-order valence-corrected chi connectivity index (χ3v) is 0.855. The average Bonchev–Trinajstić information content (AvgIpc) is 2.14. The van der Waals surface area contributed by atoms with E-state index in [1.807, 2.05) is 0 Å². The zero-order chi connectivity index (χ0) is 5.98. The molecule has 4 heteroatoms. The molecule has 1 rings (SSSR count). The van der Waals surface area contributed by atoms with E-state index in [1.54, 1.807) is 0 Å². The minimum atomic E-state index is 0.444. The molecule has 0 aliphatic carbocycles. The van der Waals surface area contributed by atoms with Crippen LogP contribution in [0.3, 0.4) is 0 Å². The van der Waals surface area contributed by atoms with Crippen molar-refractivity contribution in [3.8, 4) is 0 Å². The molecule has 8 heavy (non-hydrogen) atoms. The smallest absolute Gasteiger partial charge is 0.127 e. The van der Waals surface area contributed by atoms with Crippen molar-refractivity contribution in [2.24, 2.45) is 0 Å². The highest BCUT2D eigenvalue weighted by Crippen LogP contribution is 1.99. The molecule has 1 aromatic rings. The Balaban J connectivity index is 3.09. The van der Waals surface area contributed by atoms with E-state index in [0.29, 0.717) is 11.4 Å². The Morgan fingerprint density at radius 3 is 2.88 bits per heavy atom. The van der Waals surface area contributed by atoms with Crippen LogP contribution in [-0.2, 0) is 0 Å². The summed E-state index contributed by atoms with van der Waals surface area (Å²) in [6, 6.07) is 0. The van der Waals surface area contributed by atoms with E-state index in [9.17, 15) is 0 Å². The quantitative estimate of drug-likeness (QED) is 0.444. The first-order chi connectivity index (χ1) is 3.84. The minimum Gasteiger partial charge on any atom is -0.384 e. The molecule has 0 unspecified atom stereocenters. The third-order valence-electron chi connectivity index (χ3n) is 0.855. The van der Waals surface area contributed by atoms with E-state index in [0.717, 1.165) is 6.21 Å². The molecule has 0 atom stereocenters. The van der Waals surface area contributed by atoms with Crippen molar-refractivity contribution < 1.29 is 0 Å². The highest BCUT2D eigenvalue weighted by molar-refractivity contribution is 5.82. The standard InChI is InChI=1S/C4H6N4/c5-1-3-2-7-8-4(3)6/h1-2,5H,(H3,6,7,8). The number of H-pyrrole nitrogens is 1. The van der Waals surface area contributed by atoms with Crippen LogP contribution in [0, 0.1) is 5.41 Å². The number of aromatic nitrogens is 2. The lowest BCUT2D eigenvalue weighted by Gasteiger charge is -1.81. The van der Waals surface area contributed by atoms with Crippen molar-refractivity contribution in [2.45, 2.75) is 0 Å². The van der Waals surface area contributed by atoms with Gasteiger partial charge in [0.25, 0.3) is 0 Å². The maximum atomic E-state index is 6.74. The molecule has 0 amide bonds. The Morgan fingerprint density at radius 1 is 1.88 bits per heavy atom. The second-order valence-electron chi connectivity index (χ2n) is 1.38. The molecule has 4 nitrogen and oxygen atoms in total. The Kier molecular flexibility index (Phi) is 0.997. The topological polar surface area (TPSA) is 78.5 Å². The Morgan fingerprint density at radius 2 is 2.62 bits per heavy atom. The van der Waals surface area contributed by atoms with Crippen LogP contribution in [0.25, 0.3) is 0 Å². The van der Waals surface area contributed by atoms with Crippen molar-refractivity contribution in [1.29, 1.82) is 5.41 Å². The number of nitrogens with two attached hydrogens (primary N) is 1. The van der Waals surface area contributed by atoms with Crippen LogP contribution in [0.5, 0.6) is 0 Å². The molecule has 0 saturated heterocycles. The van der Waals surface area contributed by atoms with Gasteiger partial charge in [-0.3, -0.25) is 5.10 Å². The zero-order valence-corrected chi connectivity index (χ0v) is 4.18. The molecule has 0 aliphatic rings. The molecule has 4 N–H and O–H groups in total. The van der Waals surface area contributed by atoms with Crippen LogP contribution in [0.15, 0.2) is 6.20 Å². The highest BCUT2D eigenvalue weighted by Gasteiger charge is 1.92. The molecule has 1 aromatic heterocycles. The number of nitrogen functional groups attached to an aromatic ring is 1. The SMILES string of the molecule is N=Cc1cn[nH]c1N. The van der Waals surface area contributed by atoms with Crippen molar-refractivity contribution in [2.75, 3.05) is 5.73 Å². The first kappa shape index (κ1) is 4.83. The lowest BCUT2D eigenvalue weighted by atomic mass is 10.4. The highest BCUT2D eigenvalue weighted by atomic mass is 15.1. The van der Waals surface area contributed by atoms with Gasteiger partial charge >= 0.3 is 0 Å². The van der Waals surface area contributed by atoms with Gasteiger partial charge in [-0.2, -0.15) is 5.10 Å². The Labute approximate surface area is 46.2 Å². The lowest BCUT2D eigenvalue weighted by molar-refractivity contribution is 1.10. The summed E-state index contributed by atoms with van der Waals surface area (Å²) < 4.78 is 0. The van der Waals surface area contributed by atoms with Crippen molar-refractivity contribution in [3.05, 3.63) is 11.8 Å². The number of hydrogen-bond donors (Lipinski definition) is 3. The first-order valence-corrected chi connectivity index (χ1v) is 2.14. The molecule has 0 saturated carbocycles. The second-order valence-corrected chi connectivity index (χ2v) is 1.38. The molecule has 0 aromatic carbocycles. The summed E-state index contributed by atoms with van der Waals surface area (Å²) in [6.45, 7) is 0. The maximum absolute atomic E-state index is 6.74. The summed E-state index contributed by atoms with van der Waals surface area (Å²) >= 11 is 0. The monoisotopic (exact) mass is 110 g/mol. The van der Waals surface area contributed by atoms with Gasteiger partial charge in [0.2, 0.25) is 0 Å². The summed E-state index contributed by atoms with van der Waals surface area (Å²) in [4.78, 5) is 0. The number of aromatic amines is 1. The number of nitrogens with one attached hydrogen (secondary N) is 2. The Hall–Kier alpha value is -1.32. The largest absolute Gasteiger partial charge is 0.384 e. The van der Waals surface area contributed by atoms with Gasteiger partial charge in [0.15, 0.2) is 0 Å². The molecule has 0 bridgehead atoms. The second kappa shape index (κ2) is 1.65. The Bertz CT molecular complexity index is 190. The van der Waals surface area contributed by atoms with Crippen LogP contribution in [0.2, 0.25) is 0 Å². The van der Waals surface area contributed by atoms with Gasteiger partial charge in [-0.05, 0) is 0 Å². The molecular weight excluding hydrogens is 104 g/mol. The summed E-state index contributed by atoms with van der Waals surface area (Å²) in [6.07, 6.45) is 2.65. The maximum Gasteiger partial charge on any atom is 0.127 e. The van der Waals surface area contributed by atoms with Crippen molar-refractivity contribution in [3.63, 3.8) is 0 Å². The average molecular weight is 110 g/mol. The molecule has 0 fully saturated rings. The summed E-state index contributed by atoms with van der Waals surface area (Å²) in [5.74, 6) is 0.444. The van der Waals surface area contributed by atoms with E-state index in [2.05, 4.69) is 10.2 Å². The predicted octanol–water partition coefficient (Wildman–Crippen LogP) is -0.0104. The fraction of sp³-hybridized carbons (Fsp3) is 0.